The van der Waals surface area contributed by atoms with Gasteiger partial charge in [0.05, 0.1) is 22.7 Å². The minimum absolute atomic E-state index is 0.572. The molecule has 0 radical (unpaired) electrons. The molecule has 0 amide bonds. The van der Waals surface area contributed by atoms with Crippen molar-refractivity contribution in [3.05, 3.63) is 40.1 Å². The molecule has 0 atom stereocenters. The van der Waals surface area contributed by atoms with Crippen LogP contribution in [0.25, 0.3) is 22.4 Å². The number of fused-ring (bicyclic) bond motifs is 1. The van der Waals surface area contributed by atoms with Crippen LogP contribution >= 0.6 is 11.3 Å². The van der Waals surface area contributed by atoms with E-state index in [0.717, 1.165) is 16.9 Å². The lowest BCUT2D eigenvalue weighted by atomic mass is 10.2. The van der Waals surface area contributed by atoms with Gasteiger partial charge in [0.2, 0.25) is 0 Å². The average molecular weight is 279 g/mol. The first-order chi connectivity index (χ1) is 9.78. The Bertz CT molecular complexity index is 846. The SMILES string of the molecule is Cc1cscc1-c1nc2cc(C#N)ccc2n1C1CC1. The minimum Gasteiger partial charge on any atom is -0.321 e. The van der Waals surface area contributed by atoms with Crippen molar-refractivity contribution in [3.63, 3.8) is 0 Å². The van der Waals surface area contributed by atoms with Crippen LogP contribution in [0.4, 0.5) is 0 Å². The van der Waals surface area contributed by atoms with Crippen LogP contribution in [0.5, 0.6) is 0 Å². The third-order valence-electron chi connectivity index (χ3n) is 3.83. The number of imidazole rings is 1. The number of aryl methyl sites for hydroxylation is 1. The summed E-state index contributed by atoms with van der Waals surface area (Å²) < 4.78 is 2.35. The van der Waals surface area contributed by atoms with Crippen molar-refractivity contribution in [1.29, 1.82) is 5.26 Å². The molecule has 0 saturated heterocycles. The van der Waals surface area contributed by atoms with E-state index >= 15 is 0 Å². The van der Waals surface area contributed by atoms with Crippen molar-refractivity contribution in [2.45, 2.75) is 25.8 Å². The molecular weight excluding hydrogens is 266 g/mol. The molecule has 2 aromatic heterocycles. The first-order valence-electron chi connectivity index (χ1n) is 6.73. The van der Waals surface area contributed by atoms with Gasteiger partial charge in [0, 0.05) is 17.0 Å². The average Bonchev–Trinajstić information content (AvgIpc) is 3.10. The predicted molar refractivity (Wildman–Crippen MR) is 80.8 cm³/mol. The highest BCUT2D eigenvalue weighted by atomic mass is 32.1. The molecule has 0 bridgehead atoms. The number of benzene rings is 1. The van der Waals surface area contributed by atoms with E-state index in [9.17, 15) is 0 Å². The molecule has 1 aromatic carbocycles. The highest BCUT2D eigenvalue weighted by molar-refractivity contribution is 7.08. The van der Waals surface area contributed by atoms with Gasteiger partial charge in [0.25, 0.3) is 0 Å². The molecule has 2 heterocycles. The van der Waals surface area contributed by atoms with Crippen molar-refractivity contribution >= 4 is 22.4 Å². The molecule has 4 rings (SSSR count). The van der Waals surface area contributed by atoms with Crippen LogP contribution in [0.2, 0.25) is 0 Å². The maximum atomic E-state index is 9.04. The van der Waals surface area contributed by atoms with E-state index in [-0.39, 0.29) is 0 Å². The van der Waals surface area contributed by atoms with Gasteiger partial charge in [0.1, 0.15) is 5.82 Å². The molecule has 0 unspecified atom stereocenters. The van der Waals surface area contributed by atoms with Crippen LogP contribution in [-0.2, 0) is 0 Å². The number of nitriles is 1. The molecule has 20 heavy (non-hydrogen) atoms. The summed E-state index contributed by atoms with van der Waals surface area (Å²) in [6.07, 6.45) is 2.45. The van der Waals surface area contributed by atoms with Crippen LogP contribution in [-0.4, -0.2) is 9.55 Å². The topological polar surface area (TPSA) is 41.6 Å². The maximum Gasteiger partial charge on any atom is 0.142 e. The van der Waals surface area contributed by atoms with E-state index in [2.05, 4.69) is 28.3 Å². The standard InChI is InChI=1S/C16H13N3S/c1-10-8-20-9-13(10)16-18-14-6-11(7-17)2-5-15(14)19(16)12-3-4-12/h2,5-6,8-9,12H,3-4H2,1H3. The van der Waals surface area contributed by atoms with E-state index in [1.54, 1.807) is 11.3 Å². The van der Waals surface area contributed by atoms with Crippen LogP contribution < -0.4 is 0 Å². The molecule has 0 spiro atoms. The largest absolute Gasteiger partial charge is 0.321 e. The van der Waals surface area contributed by atoms with Gasteiger partial charge in [-0.1, -0.05) is 0 Å². The number of rotatable bonds is 2. The summed E-state index contributed by atoms with van der Waals surface area (Å²) in [5.41, 5.74) is 5.24. The van der Waals surface area contributed by atoms with Gasteiger partial charge in [-0.2, -0.15) is 16.6 Å². The lowest BCUT2D eigenvalue weighted by Crippen LogP contribution is -1.97. The second-order valence-corrected chi connectivity index (χ2v) is 6.06. The van der Waals surface area contributed by atoms with Crippen molar-refractivity contribution in [2.24, 2.45) is 0 Å². The monoisotopic (exact) mass is 279 g/mol. The van der Waals surface area contributed by atoms with E-state index in [0.29, 0.717) is 11.6 Å². The van der Waals surface area contributed by atoms with Gasteiger partial charge >= 0.3 is 0 Å². The minimum atomic E-state index is 0.572. The van der Waals surface area contributed by atoms with E-state index < -0.39 is 0 Å². The zero-order chi connectivity index (χ0) is 13.7. The molecule has 3 aromatic rings. The zero-order valence-corrected chi connectivity index (χ0v) is 11.9. The number of nitrogens with zero attached hydrogens (tertiary/aromatic N) is 3. The van der Waals surface area contributed by atoms with Crippen LogP contribution in [0.3, 0.4) is 0 Å². The number of hydrogen-bond acceptors (Lipinski definition) is 3. The fourth-order valence-corrected chi connectivity index (χ4v) is 3.48. The van der Waals surface area contributed by atoms with E-state index in [4.69, 9.17) is 10.2 Å². The molecule has 0 aliphatic heterocycles. The van der Waals surface area contributed by atoms with Gasteiger partial charge < -0.3 is 4.57 Å². The number of hydrogen-bond donors (Lipinski definition) is 0. The molecule has 98 valence electrons. The maximum absolute atomic E-state index is 9.04. The smallest absolute Gasteiger partial charge is 0.142 e. The summed E-state index contributed by atoms with van der Waals surface area (Å²) in [5.74, 6) is 1.05. The molecule has 1 aliphatic carbocycles. The quantitative estimate of drug-likeness (QED) is 0.702. The summed E-state index contributed by atoms with van der Waals surface area (Å²) in [6.45, 7) is 2.13. The summed E-state index contributed by atoms with van der Waals surface area (Å²) >= 11 is 1.71. The van der Waals surface area contributed by atoms with Gasteiger partial charge in [-0.25, -0.2) is 4.98 Å². The molecular formula is C16H13N3S. The first-order valence-corrected chi connectivity index (χ1v) is 7.67. The van der Waals surface area contributed by atoms with Crippen LogP contribution in [0, 0.1) is 18.3 Å². The molecule has 0 N–H and O–H groups in total. The Morgan fingerprint density at radius 3 is 2.85 bits per heavy atom. The van der Waals surface area contributed by atoms with Crippen LogP contribution in [0.1, 0.15) is 30.0 Å². The lowest BCUT2D eigenvalue weighted by molar-refractivity contribution is 0.775. The lowest BCUT2D eigenvalue weighted by Gasteiger charge is -2.07. The Morgan fingerprint density at radius 1 is 1.35 bits per heavy atom. The normalized spacial score (nSPS) is 14.6. The Hall–Kier alpha value is -2.12. The molecule has 3 nitrogen and oxygen atoms in total. The second kappa shape index (κ2) is 4.19. The van der Waals surface area contributed by atoms with Crippen molar-refractivity contribution < 1.29 is 0 Å². The third-order valence-corrected chi connectivity index (χ3v) is 4.69. The number of aromatic nitrogens is 2. The van der Waals surface area contributed by atoms with E-state index in [1.807, 2.05) is 18.2 Å². The van der Waals surface area contributed by atoms with Crippen molar-refractivity contribution in [2.75, 3.05) is 0 Å². The van der Waals surface area contributed by atoms with Gasteiger partial charge in [-0.05, 0) is 48.9 Å². The Balaban J connectivity index is 2.03. The fourth-order valence-electron chi connectivity index (χ4n) is 2.65. The van der Waals surface area contributed by atoms with Gasteiger partial charge in [0.15, 0.2) is 0 Å². The molecule has 4 heteroatoms. The summed E-state index contributed by atoms with van der Waals surface area (Å²) in [7, 11) is 0. The van der Waals surface area contributed by atoms with Crippen molar-refractivity contribution in [3.8, 4) is 17.5 Å². The highest BCUT2D eigenvalue weighted by Crippen LogP contribution is 2.42. The van der Waals surface area contributed by atoms with Crippen LogP contribution in [0.15, 0.2) is 29.0 Å². The van der Waals surface area contributed by atoms with Gasteiger partial charge in [-0.15, -0.1) is 0 Å². The Morgan fingerprint density at radius 2 is 2.20 bits per heavy atom. The highest BCUT2D eigenvalue weighted by Gasteiger charge is 2.29. The number of thiophene rings is 1. The Labute approximate surface area is 121 Å². The first kappa shape index (κ1) is 11.7. The zero-order valence-electron chi connectivity index (χ0n) is 11.1. The molecule has 1 aliphatic rings. The summed E-state index contributed by atoms with van der Waals surface area (Å²) in [6, 6.07) is 8.57. The van der Waals surface area contributed by atoms with Gasteiger partial charge in [-0.3, -0.25) is 0 Å². The second-order valence-electron chi connectivity index (χ2n) is 5.32. The molecule has 1 fully saturated rings. The summed E-state index contributed by atoms with van der Waals surface area (Å²) in [5, 5.41) is 13.4. The fraction of sp³-hybridized carbons (Fsp3) is 0.250. The molecule has 1 saturated carbocycles. The van der Waals surface area contributed by atoms with Crippen molar-refractivity contribution in [1.82, 2.24) is 9.55 Å². The third kappa shape index (κ3) is 1.67. The van der Waals surface area contributed by atoms with E-state index in [1.165, 1.54) is 24.0 Å². The Kier molecular flexibility index (Phi) is 2.45. The predicted octanol–water partition coefficient (Wildman–Crippen LogP) is 4.28. The summed E-state index contributed by atoms with van der Waals surface area (Å²) in [4.78, 5) is 4.80.